The molecule has 6 nitrogen and oxygen atoms in total. The van der Waals surface area contributed by atoms with Crippen LogP contribution in [-0.4, -0.2) is 41.6 Å². The molecule has 0 aromatic heterocycles. The summed E-state index contributed by atoms with van der Waals surface area (Å²) >= 11 is 0. The zero-order chi connectivity index (χ0) is 16.8. The standard InChI is InChI=1S/C12H17NO3.C4H11NO/c1-2-11(14)8-13-12(15)16-9-10-6-4-3-5-7-10;1-2-4(6)3-5/h3-7,11,14H,2,8-9H2,1H3,(H,13,15);4,6H,2-3,5H2,1H3. The number of nitrogens with one attached hydrogen (secondary N) is 1. The minimum Gasteiger partial charge on any atom is -0.445 e. The molecule has 0 saturated heterocycles. The highest BCUT2D eigenvalue weighted by molar-refractivity contribution is 5.67. The van der Waals surface area contributed by atoms with Gasteiger partial charge >= 0.3 is 6.09 Å². The Balaban J connectivity index is 0.000000626. The summed E-state index contributed by atoms with van der Waals surface area (Å²) in [6, 6.07) is 9.44. The van der Waals surface area contributed by atoms with Crippen molar-refractivity contribution in [3.63, 3.8) is 0 Å². The maximum absolute atomic E-state index is 11.2. The Bertz CT molecular complexity index is 383. The lowest BCUT2D eigenvalue weighted by Crippen LogP contribution is -2.32. The molecule has 0 spiro atoms. The molecule has 1 aromatic carbocycles. The maximum atomic E-state index is 11.2. The lowest BCUT2D eigenvalue weighted by atomic mass is 10.2. The topological polar surface area (TPSA) is 105 Å². The van der Waals surface area contributed by atoms with Crippen molar-refractivity contribution in [2.45, 2.75) is 45.5 Å². The first-order valence-electron chi connectivity index (χ1n) is 7.54. The van der Waals surface area contributed by atoms with E-state index in [0.717, 1.165) is 12.0 Å². The Morgan fingerprint density at radius 1 is 1.18 bits per heavy atom. The number of nitrogens with two attached hydrogens (primary N) is 1. The summed E-state index contributed by atoms with van der Waals surface area (Å²) in [4.78, 5) is 11.2. The summed E-state index contributed by atoms with van der Waals surface area (Å²) in [6.45, 7) is 4.61. The number of benzene rings is 1. The van der Waals surface area contributed by atoms with Crippen LogP contribution in [0.25, 0.3) is 0 Å². The minimum absolute atomic E-state index is 0.226. The van der Waals surface area contributed by atoms with E-state index in [1.807, 2.05) is 44.2 Å². The molecule has 2 atom stereocenters. The number of ether oxygens (including phenoxy) is 1. The second-order valence-electron chi connectivity index (χ2n) is 4.80. The molecule has 126 valence electrons. The van der Waals surface area contributed by atoms with Gasteiger partial charge in [-0.15, -0.1) is 0 Å². The molecule has 22 heavy (non-hydrogen) atoms. The number of aliphatic hydroxyl groups is 2. The summed E-state index contributed by atoms with van der Waals surface area (Å²) < 4.78 is 4.96. The van der Waals surface area contributed by atoms with Gasteiger partial charge in [-0.3, -0.25) is 0 Å². The van der Waals surface area contributed by atoms with Crippen molar-refractivity contribution >= 4 is 6.09 Å². The van der Waals surface area contributed by atoms with E-state index in [-0.39, 0.29) is 19.3 Å². The number of rotatable bonds is 7. The fourth-order valence-electron chi connectivity index (χ4n) is 1.29. The van der Waals surface area contributed by atoms with Crippen molar-refractivity contribution in [3.8, 4) is 0 Å². The molecule has 0 aliphatic rings. The molecule has 0 bridgehead atoms. The van der Waals surface area contributed by atoms with Crippen molar-refractivity contribution in [1.29, 1.82) is 0 Å². The average molecular weight is 312 g/mol. The number of carbonyl (C=O) groups excluding carboxylic acids is 1. The molecule has 1 rings (SSSR count). The van der Waals surface area contributed by atoms with Crippen LogP contribution in [0.2, 0.25) is 0 Å². The summed E-state index contributed by atoms with van der Waals surface area (Å²) in [5.41, 5.74) is 5.97. The Labute approximate surface area is 132 Å². The van der Waals surface area contributed by atoms with Crippen molar-refractivity contribution in [2.24, 2.45) is 5.73 Å². The van der Waals surface area contributed by atoms with Gasteiger partial charge in [0, 0.05) is 13.1 Å². The first kappa shape index (κ1) is 20.4. The normalized spacial score (nSPS) is 12.6. The van der Waals surface area contributed by atoms with Gasteiger partial charge in [-0.1, -0.05) is 44.2 Å². The van der Waals surface area contributed by atoms with Gasteiger partial charge in [0.1, 0.15) is 6.61 Å². The molecule has 2 unspecified atom stereocenters. The quantitative estimate of drug-likeness (QED) is 0.609. The second kappa shape index (κ2) is 13.1. The summed E-state index contributed by atoms with van der Waals surface area (Å²) in [5, 5.41) is 20.3. The Kier molecular flexibility index (Phi) is 12.1. The number of hydrogen-bond acceptors (Lipinski definition) is 5. The van der Waals surface area contributed by atoms with Gasteiger partial charge in [0.25, 0.3) is 0 Å². The molecule has 0 aliphatic heterocycles. The van der Waals surface area contributed by atoms with Crippen molar-refractivity contribution < 1.29 is 19.7 Å². The largest absolute Gasteiger partial charge is 0.445 e. The van der Waals surface area contributed by atoms with E-state index < -0.39 is 12.2 Å². The fraction of sp³-hybridized carbons (Fsp3) is 0.562. The highest BCUT2D eigenvalue weighted by Crippen LogP contribution is 2.00. The van der Waals surface area contributed by atoms with E-state index in [0.29, 0.717) is 13.0 Å². The molecule has 0 heterocycles. The van der Waals surface area contributed by atoms with Gasteiger partial charge < -0.3 is 26.0 Å². The molecular weight excluding hydrogens is 284 g/mol. The van der Waals surface area contributed by atoms with E-state index in [2.05, 4.69) is 5.32 Å². The fourth-order valence-corrected chi connectivity index (χ4v) is 1.29. The number of alkyl carbamates (subject to hydrolysis) is 1. The first-order valence-corrected chi connectivity index (χ1v) is 7.54. The van der Waals surface area contributed by atoms with Crippen LogP contribution in [0.15, 0.2) is 30.3 Å². The molecule has 1 aromatic rings. The lowest BCUT2D eigenvalue weighted by molar-refractivity contribution is 0.124. The number of amides is 1. The van der Waals surface area contributed by atoms with Crippen LogP contribution in [-0.2, 0) is 11.3 Å². The van der Waals surface area contributed by atoms with Crippen molar-refractivity contribution in [2.75, 3.05) is 13.1 Å². The molecule has 0 saturated carbocycles. The molecule has 5 N–H and O–H groups in total. The Hall–Kier alpha value is -1.63. The summed E-state index contributed by atoms with van der Waals surface area (Å²) in [5.74, 6) is 0. The lowest BCUT2D eigenvalue weighted by Gasteiger charge is -2.09. The van der Waals surface area contributed by atoms with Gasteiger partial charge in [-0.25, -0.2) is 4.79 Å². The average Bonchev–Trinajstić information content (AvgIpc) is 2.58. The van der Waals surface area contributed by atoms with Crippen LogP contribution in [0.5, 0.6) is 0 Å². The second-order valence-corrected chi connectivity index (χ2v) is 4.80. The van der Waals surface area contributed by atoms with Crippen LogP contribution in [0.4, 0.5) is 4.79 Å². The highest BCUT2D eigenvalue weighted by Gasteiger charge is 2.05. The van der Waals surface area contributed by atoms with Gasteiger partial charge in [-0.05, 0) is 18.4 Å². The molecular formula is C16H28N2O4. The number of aliphatic hydroxyl groups excluding tert-OH is 2. The summed E-state index contributed by atoms with van der Waals surface area (Å²) in [7, 11) is 0. The van der Waals surface area contributed by atoms with E-state index in [9.17, 15) is 9.90 Å². The van der Waals surface area contributed by atoms with E-state index >= 15 is 0 Å². The summed E-state index contributed by atoms with van der Waals surface area (Å²) in [6.07, 6.45) is 0.0702. The van der Waals surface area contributed by atoms with Crippen LogP contribution >= 0.6 is 0 Å². The smallest absolute Gasteiger partial charge is 0.407 e. The Morgan fingerprint density at radius 2 is 1.77 bits per heavy atom. The van der Waals surface area contributed by atoms with Gasteiger partial charge in [0.2, 0.25) is 0 Å². The molecule has 0 radical (unpaired) electrons. The molecule has 1 amide bonds. The third kappa shape index (κ3) is 11.1. The predicted octanol–water partition coefficient (Wildman–Crippen LogP) is 1.40. The maximum Gasteiger partial charge on any atom is 0.407 e. The zero-order valence-electron chi connectivity index (χ0n) is 13.4. The molecule has 6 heteroatoms. The third-order valence-electron chi connectivity index (χ3n) is 2.91. The molecule has 0 fully saturated rings. The SMILES string of the molecule is CCC(O)CN.CCC(O)CNC(=O)OCc1ccccc1. The van der Waals surface area contributed by atoms with E-state index in [1.165, 1.54) is 0 Å². The number of hydrogen-bond donors (Lipinski definition) is 4. The van der Waals surface area contributed by atoms with Crippen molar-refractivity contribution in [1.82, 2.24) is 5.32 Å². The first-order chi connectivity index (χ1) is 10.5. The number of carbonyl (C=O) groups is 1. The van der Waals surface area contributed by atoms with Crippen molar-refractivity contribution in [3.05, 3.63) is 35.9 Å². The predicted molar refractivity (Wildman–Crippen MR) is 86.3 cm³/mol. The van der Waals surface area contributed by atoms with E-state index in [1.54, 1.807) is 0 Å². The van der Waals surface area contributed by atoms with Crippen LogP contribution < -0.4 is 11.1 Å². The van der Waals surface area contributed by atoms with Crippen LogP contribution in [0.1, 0.15) is 32.3 Å². The van der Waals surface area contributed by atoms with E-state index in [4.69, 9.17) is 15.6 Å². The van der Waals surface area contributed by atoms with Gasteiger partial charge in [0.15, 0.2) is 0 Å². The Morgan fingerprint density at radius 3 is 2.23 bits per heavy atom. The highest BCUT2D eigenvalue weighted by atomic mass is 16.5. The third-order valence-corrected chi connectivity index (χ3v) is 2.91. The monoisotopic (exact) mass is 312 g/mol. The zero-order valence-corrected chi connectivity index (χ0v) is 13.4. The van der Waals surface area contributed by atoms with Gasteiger partial charge in [-0.2, -0.15) is 0 Å². The van der Waals surface area contributed by atoms with Gasteiger partial charge in [0.05, 0.1) is 12.2 Å². The van der Waals surface area contributed by atoms with Crippen LogP contribution in [0, 0.1) is 0 Å². The van der Waals surface area contributed by atoms with Crippen LogP contribution in [0.3, 0.4) is 0 Å². The molecule has 0 aliphatic carbocycles. The minimum atomic E-state index is -0.510.